The zero-order chi connectivity index (χ0) is 19.5. The van der Waals surface area contributed by atoms with Gasteiger partial charge in [0.2, 0.25) is 16.8 Å². The van der Waals surface area contributed by atoms with Crippen LogP contribution in [0.5, 0.6) is 11.5 Å². The Morgan fingerprint density at radius 3 is 2.68 bits per heavy atom. The highest BCUT2D eigenvalue weighted by molar-refractivity contribution is 7.92. The van der Waals surface area contributed by atoms with Crippen LogP contribution in [0.2, 0.25) is 0 Å². The molecule has 0 amide bonds. The number of nitrogens with one attached hydrogen (secondary N) is 2. The van der Waals surface area contributed by atoms with E-state index in [0.717, 1.165) is 28.7 Å². The van der Waals surface area contributed by atoms with E-state index in [1.165, 1.54) is 24.0 Å². The zero-order valence-corrected chi connectivity index (χ0v) is 16.6. The summed E-state index contributed by atoms with van der Waals surface area (Å²) in [5.74, 6) is 2.09. The van der Waals surface area contributed by atoms with Crippen LogP contribution in [0.25, 0.3) is 10.9 Å². The maximum Gasteiger partial charge on any atom is 0.231 e. The average Bonchev–Trinajstić information content (AvgIpc) is 3.24. The average molecular weight is 398 g/mol. The molecule has 2 heterocycles. The number of para-hydroxylation sites is 1. The molecule has 1 aliphatic carbocycles. The highest BCUT2D eigenvalue weighted by Gasteiger charge is 2.45. The minimum absolute atomic E-state index is 0.205. The number of H-pyrrole nitrogens is 1. The van der Waals surface area contributed by atoms with Crippen LogP contribution in [-0.4, -0.2) is 26.5 Å². The molecule has 28 heavy (non-hydrogen) atoms. The SMILES string of the molecule is CC(c1ccc2c(c1)OCO2)(c1c[nH]c2c(NS(C)(=O)=O)cccc12)C1CC1. The van der Waals surface area contributed by atoms with Gasteiger partial charge in [-0.2, -0.15) is 0 Å². The summed E-state index contributed by atoms with van der Waals surface area (Å²) < 4.78 is 37.2. The van der Waals surface area contributed by atoms with E-state index in [0.29, 0.717) is 11.6 Å². The second kappa shape index (κ2) is 5.91. The van der Waals surface area contributed by atoms with Gasteiger partial charge in [-0.15, -0.1) is 0 Å². The molecule has 0 saturated heterocycles. The van der Waals surface area contributed by atoms with E-state index >= 15 is 0 Å². The van der Waals surface area contributed by atoms with E-state index in [9.17, 15) is 8.42 Å². The van der Waals surface area contributed by atoms with Crippen molar-refractivity contribution in [1.29, 1.82) is 0 Å². The first-order valence-electron chi connectivity index (χ1n) is 9.35. The van der Waals surface area contributed by atoms with Gasteiger partial charge in [0, 0.05) is 17.0 Å². The van der Waals surface area contributed by atoms with Crippen molar-refractivity contribution in [2.45, 2.75) is 25.2 Å². The van der Waals surface area contributed by atoms with Crippen LogP contribution >= 0.6 is 0 Å². The number of hydrogen-bond acceptors (Lipinski definition) is 4. The predicted molar refractivity (Wildman–Crippen MR) is 109 cm³/mol. The smallest absolute Gasteiger partial charge is 0.231 e. The topological polar surface area (TPSA) is 80.4 Å². The third-order valence-corrected chi connectivity index (χ3v) is 6.53. The molecule has 0 bridgehead atoms. The third-order valence-electron chi connectivity index (χ3n) is 5.94. The monoisotopic (exact) mass is 398 g/mol. The van der Waals surface area contributed by atoms with Crippen molar-refractivity contribution in [3.63, 3.8) is 0 Å². The molecule has 3 aromatic rings. The Labute approximate surface area is 163 Å². The Kier molecular flexibility index (Phi) is 3.68. The molecule has 1 aromatic heterocycles. The van der Waals surface area contributed by atoms with Crippen molar-refractivity contribution in [2.24, 2.45) is 5.92 Å². The van der Waals surface area contributed by atoms with Crippen LogP contribution in [0.1, 0.15) is 30.9 Å². The standard InChI is InChI=1S/C21H22N2O4S/c1-21(13-6-7-13,14-8-9-18-19(10-14)27-12-26-18)16-11-22-20-15(16)4-3-5-17(20)23-28(2,24)25/h3-5,8-11,13,22-23H,6-7,12H2,1-2H3. The molecule has 1 fully saturated rings. The first kappa shape index (κ1) is 17.4. The maximum absolute atomic E-state index is 11.7. The third kappa shape index (κ3) is 2.73. The lowest BCUT2D eigenvalue weighted by molar-refractivity contribution is 0.174. The molecule has 1 unspecified atom stereocenters. The van der Waals surface area contributed by atoms with E-state index in [1.807, 2.05) is 24.4 Å². The molecule has 146 valence electrons. The molecule has 0 spiro atoms. The van der Waals surface area contributed by atoms with Crippen LogP contribution < -0.4 is 14.2 Å². The number of aromatic amines is 1. The van der Waals surface area contributed by atoms with Gasteiger partial charge in [0.15, 0.2) is 11.5 Å². The summed E-state index contributed by atoms with van der Waals surface area (Å²) in [4.78, 5) is 3.31. The van der Waals surface area contributed by atoms with Gasteiger partial charge in [-0.05, 0) is 48.1 Å². The molecule has 1 aliphatic heterocycles. The summed E-state index contributed by atoms with van der Waals surface area (Å²) in [7, 11) is -3.36. The summed E-state index contributed by atoms with van der Waals surface area (Å²) in [6, 6.07) is 11.9. The molecule has 7 heteroatoms. The number of sulfonamides is 1. The lowest BCUT2D eigenvalue weighted by atomic mass is 9.72. The van der Waals surface area contributed by atoms with E-state index in [-0.39, 0.29) is 12.2 Å². The van der Waals surface area contributed by atoms with Crippen LogP contribution in [0, 0.1) is 5.92 Å². The van der Waals surface area contributed by atoms with Gasteiger partial charge < -0.3 is 14.5 Å². The summed E-state index contributed by atoms with van der Waals surface area (Å²) >= 11 is 0. The summed E-state index contributed by atoms with van der Waals surface area (Å²) in [6.07, 6.45) is 5.51. The summed E-state index contributed by atoms with van der Waals surface area (Å²) in [5, 5.41) is 1.03. The van der Waals surface area contributed by atoms with Crippen molar-refractivity contribution in [3.8, 4) is 11.5 Å². The van der Waals surface area contributed by atoms with Gasteiger partial charge in [0.25, 0.3) is 0 Å². The van der Waals surface area contributed by atoms with E-state index in [2.05, 4.69) is 28.8 Å². The number of aromatic nitrogens is 1. The fraction of sp³-hybridized carbons (Fsp3) is 0.333. The maximum atomic E-state index is 11.7. The highest BCUT2D eigenvalue weighted by atomic mass is 32.2. The van der Waals surface area contributed by atoms with E-state index in [4.69, 9.17) is 9.47 Å². The fourth-order valence-electron chi connectivity index (χ4n) is 4.36. The highest BCUT2D eigenvalue weighted by Crippen LogP contribution is 2.54. The van der Waals surface area contributed by atoms with E-state index in [1.54, 1.807) is 6.07 Å². The Morgan fingerprint density at radius 1 is 1.14 bits per heavy atom. The minimum Gasteiger partial charge on any atom is -0.454 e. The molecule has 0 radical (unpaired) electrons. The van der Waals surface area contributed by atoms with Crippen molar-refractivity contribution in [3.05, 3.63) is 53.7 Å². The number of anilines is 1. The molecular weight excluding hydrogens is 376 g/mol. The first-order valence-corrected chi connectivity index (χ1v) is 11.2. The molecule has 5 rings (SSSR count). The van der Waals surface area contributed by atoms with E-state index < -0.39 is 10.0 Å². The minimum atomic E-state index is -3.36. The molecule has 1 atom stereocenters. The Balaban J connectivity index is 1.67. The number of rotatable bonds is 5. The van der Waals surface area contributed by atoms with Gasteiger partial charge in [-0.25, -0.2) is 8.42 Å². The normalized spacial score (nSPS) is 18.2. The van der Waals surface area contributed by atoms with Crippen molar-refractivity contribution < 1.29 is 17.9 Å². The molecule has 2 aromatic carbocycles. The van der Waals surface area contributed by atoms with Crippen LogP contribution in [0.15, 0.2) is 42.6 Å². The van der Waals surface area contributed by atoms with Crippen LogP contribution in [0.3, 0.4) is 0 Å². The second-order valence-corrected chi connectivity index (χ2v) is 9.60. The molecule has 2 N–H and O–H groups in total. The van der Waals surface area contributed by atoms with Crippen LogP contribution in [-0.2, 0) is 15.4 Å². The van der Waals surface area contributed by atoms with Crippen molar-refractivity contribution >= 4 is 26.6 Å². The fourth-order valence-corrected chi connectivity index (χ4v) is 4.93. The number of hydrogen-bond donors (Lipinski definition) is 2. The van der Waals surface area contributed by atoms with Gasteiger partial charge >= 0.3 is 0 Å². The van der Waals surface area contributed by atoms with Gasteiger partial charge in [0.05, 0.1) is 17.5 Å². The first-order chi connectivity index (χ1) is 13.4. The molecule has 6 nitrogen and oxygen atoms in total. The van der Waals surface area contributed by atoms with Crippen molar-refractivity contribution in [2.75, 3.05) is 17.8 Å². The summed E-state index contributed by atoms with van der Waals surface area (Å²) in [6.45, 7) is 2.52. The van der Waals surface area contributed by atoms with Gasteiger partial charge in [-0.1, -0.05) is 25.1 Å². The van der Waals surface area contributed by atoms with Gasteiger partial charge in [0.1, 0.15) is 0 Å². The molecule has 2 aliphatic rings. The number of fused-ring (bicyclic) bond motifs is 2. The Hall–Kier alpha value is -2.67. The lowest BCUT2D eigenvalue weighted by Gasteiger charge is -2.31. The quantitative estimate of drug-likeness (QED) is 0.681. The van der Waals surface area contributed by atoms with Gasteiger partial charge in [-0.3, -0.25) is 4.72 Å². The Bertz CT molecular complexity index is 1180. The Morgan fingerprint density at radius 2 is 1.93 bits per heavy atom. The second-order valence-electron chi connectivity index (χ2n) is 7.85. The zero-order valence-electron chi connectivity index (χ0n) is 15.8. The lowest BCUT2D eigenvalue weighted by Crippen LogP contribution is -2.26. The van der Waals surface area contributed by atoms with Crippen LogP contribution in [0.4, 0.5) is 5.69 Å². The predicted octanol–water partition coefficient (Wildman–Crippen LogP) is 3.98. The van der Waals surface area contributed by atoms with Crippen molar-refractivity contribution in [1.82, 2.24) is 4.98 Å². The summed E-state index contributed by atoms with van der Waals surface area (Å²) in [5.41, 5.74) is 3.51. The molecular formula is C21H22N2O4S. The molecule has 1 saturated carbocycles. The number of benzene rings is 2. The largest absolute Gasteiger partial charge is 0.454 e. The number of ether oxygens (including phenoxy) is 2.